The minimum absolute atomic E-state index is 0.234. The molecule has 1 aromatic heterocycles. The fourth-order valence-corrected chi connectivity index (χ4v) is 2.06. The van der Waals surface area contributed by atoms with Gasteiger partial charge in [0.2, 0.25) is 0 Å². The van der Waals surface area contributed by atoms with E-state index in [0.29, 0.717) is 12.0 Å². The van der Waals surface area contributed by atoms with Gasteiger partial charge in [-0.1, -0.05) is 13.8 Å². The second-order valence-electron chi connectivity index (χ2n) is 4.40. The van der Waals surface area contributed by atoms with Gasteiger partial charge in [0.15, 0.2) is 0 Å². The summed E-state index contributed by atoms with van der Waals surface area (Å²) < 4.78 is 5.56. The lowest BCUT2D eigenvalue weighted by Crippen LogP contribution is -2.43. The Morgan fingerprint density at radius 3 is 2.38 bits per heavy atom. The van der Waals surface area contributed by atoms with Crippen LogP contribution >= 0.6 is 0 Å². The molecule has 1 heterocycles. The first-order valence-electron chi connectivity index (χ1n) is 5.78. The number of nitrogens with zero attached hydrogens (tertiary/aromatic N) is 1. The maximum absolute atomic E-state index is 5.56. The van der Waals surface area contributed by atoms with Crippen molar-refractivity contribution in [2.45, 2.75) is 32.4 Å². The Balaban J connectivity index is 2.68. The van der Waals surface area contributed by atoms with E-state index < -0.39 is 0 Å². The molecule has 1 rings (SSSR count). The minimum Gasteiger partial charge on any atom is -0.380 e. The van der Waals surface area contributed by atoms with Gasteiger partial charge in [-0.25, -0.2) is 0 Å². The molecule has 3 heteroatoms. The molecular formula is C13H22N2O. The summed E-state index contributed by atoms with van der Waals surface area (Å²) in [6.07, 6.45) is 4.87. The van der Waals surface area contributed by atoms with Gasteiger partial charge in [-0.3, -0.25) is 4.98 Å². The molecule has 1 aromatic rings. The quantitative estimate of drug-likeness (QED) is 0.798. The van der Waals surface area contributed by atoms with Crippen LogP contribution < -0.4 is 5.32 Å². The number of likely N-dealkylation sites (N-methyl/N-ethyl adjacent to an activating group) is 1. The first-order valence-corrected chi connectivity index (χ1v) is 5.78. The Morgan fingerprint density at radius 1 is 1.31 bits per heavy atom. The van der Waals surface area contributed by atoms with Crippen LogP contribution in [0.3, 0.4) is 0 Å². The summed E-state index contributed by atoms with van der Waals surface area (Å²) in [5.74, 6) is 0.504. The van der Waals surface area contributed by atoms with Gasteiger partial charge in [-0.15, -0.1) is 0 Å². The molecule has 0 aliphatic carbocycles. The smallest absolute Gasteiger partial charge is 0.0750 e. The number of ether oxygens (including phenoxy) is 1. The molecule has 1 N–H and O–H groups in total. The second kappa shape index (κ2) is 6.61. The van der Waals surface area contributed by atoms with E-state index in [9.17, 15) is 0 Å². The summed E-state index contributed by atoms with van der Waals surface area (Å²) in [6, 6.07) is 4.45. The van der Waals surface area contributed by atoms with Gasteiger partial charge in [0, 0.05) is 25.5 Å². The van der Waals surface area contributed by atoms with E-state index in [1.165, 1.54) is 5.56 Å². The lowest BCUT2D eigenvalue weighted by Gasteiger charge is -2.28. The number of hydrogen-bond acceptors (Lipinski definition) is 3. The van der Waals surface area contributed by atoms with Crippen molar-refractivity contribution >= 4 is 0 Å². The van der Waals surface area contributed by atoms with Gasteiger partial charge in [0.05, 0.1) is 6.10 Å². The zero-order valence-electron chi connectivity index (χ0n) is 10.6. The molecule has 2 atom stereocenters. The lowest BCUT2D eigenvalue weighted by atomic mass is 9.94. The lowest BCUT2D eigenvalue weighted by molar-refractivity contribution is 0.0354. The summed E-state index contributed by atoms with van der Waals surface area (Å²) in [7, 11) is 3.77. The molecule has 0 fully saturated rings. The number of aromatic nitrogens is 1. The van der Waals surface area contributed by atoms with Gasteiger partial charge >= 0.3 is 0 Å². The monoisotopic (exact) mass is 222 g/mol. The molecule has 0 saturated carbocycles. The summed E-state index contributed by atoms with van der Waals surface area (Å²) in [4.78, 5) is 4.03. The Bertz CT molecular complexity index is 287. The van der Waals surface area contributed by atoms with Crippen molar-refractivity contribution in [2.75, 3.05) is 14.2 Å². The van der Waals surface area contributed by atoms with E-state index >= 15 is 0 Å². The zero-order chi connectivity index (χ0) is 12.0. The van der Waals surface area contributed by atoms with Crippen LogP contribution in [0.5, 0.6) is 0 Å². The Hall–Kier alpha value is -0.930. The largest absolute Gasteiger partial charge is 0.380 e. The first kappa shape index (κ1) is 13.1. The predicted octanol–water partition coefficient (Wildman–Crippen LogP) is 1.88. The van der Waals surface area contributed by atoms with Crippen LogP contribution in [0.15, 0.2) is 24.5 Å². The number of pyridine rings is 1. The van der Waals surface area contributed by atoms with Gasteiger partial charge in [0.1, 0.15) is 0 Å². The van der Waals surface area contributed by atoms with Crippen molar-refractivity contribution in [3.8, 4) is 0 Å². The maximum atomic E-state index is 5.56. The van der Waals surface area contributed by atoms with Gasteiger partial charge in [-0.05, 0) is 37.1 Å². The molecule has 0 aliphatic rings. The van der Waals surface area contributed by atoms with E-state index in [2.05, 4.69) is 36.3 Å². The first-order chi connectivity index (χ1) is 7.69. The van der Waals surface area contributed by atoms with E-state index in [0.717, 1.165) is 6.42 Å². The highest BCUT2D eigenvalue weighted by Gasteiger charge is 2.22. The minimum atomic E-state index is 0.234. The van der Waals surface area contributed by atoms with Crippen LogP contribution in [0, 0.1) is 5.92 Å². The highest BCUT2D eigenvalue weighted by atomic mass is 16.5. The molecule has 0 amide bonds. The summed E-state index contributed by atoms with van der Waals surface area (Å²) in [5, 5.41) is 3.34. The van der Waals surface area contributed by atoms with Crippen molar-refractivity contribution in [2.24, 2.45) is 5.92 Å². The van der Waals surface area contributed by atoms with Crippen LogP contribution in [0.1, 0.15) is 19.4 Å². The van der Waals surface area contributed by atoms with Crippen LogP contribution in [0.2, 0.25) is 0 Å². The Morgan fingerprint density at radius 2 is 1.94 bits per heavy atom. The van der Waals surface area contributed by atoms with E-state index in [1.54, 1.807) is 7.11 Å². The van der Waals surface area contributed by atoms with Crippen molar-refractivity contribution in [1.82, 2.24) is 10.3 Å². The maximum Gasteiger partial charge on any atom is 0.0750 e. The number of methoxy groups -OCH3 is 1. The van der Waals surface area contributed by atoms with Crippen LogP contribution in [-0.4, -0.2) is 31.3 Å². The average molecular weight is 222 g/mol. The number of nitrogens with one attached hydrogen (secondary N) is 1. The molecule has 0 saturated heterocycles. The van der Waals surface area contributed by atoms with Crippen molar-refractivity contribution in [3.05, 3.63) is 30.1 Å². The van der Waals surface area contributed by atoms with Crippen LogP contribution in [0.25, 0.3) is 0 Å². The van der Waals surface area contributed by atoms with Gasteiger partial charge in [0.25, 0.3) is 0 Å². The second-order valence-corrected chi connectivity index (χ2v) is 4.40. The molecule has 0 spiro atoms. The predicted molar refractivity (Wildman–Crippen MR) is 66.4 cm³/mol. The highest BCUT2D eigenvalue weighted by molar-refractivity contribution is 5.12. The van der Waals surface area contributed by atoms with Crippen molar-refractivity contribution in [1.29, 1.82) is 0 Å². The Kier molecular flexibility index (Phi) is 5.43. The molecular weight excluding hydrogens is 200 g/mol. The molecule has 0 radical (unpaired) electrons. The fourth-order valence-electron chi connectivity index (χ4n) is 2.06. The normalized spacial score (nSPS) is 15.1. The number of rotatable bonds is 6. The van der Waals surface area contributed by atoms with Crippen LogP contribution in [-0.2, 0) is 11.2 Å². The summed E-state index contributed by atoms with van der Waals surface area (Å²) in [6.45, 7) is 4.37. The zero-order valence-corrected chi connectivity index (χ0v) is 10.6. The molecule has 90 valence electrons. The third-order valence-corrected chi connectivity index (χ3v) is 2.90. The van der Waals surface area contributed by atoms with Gasteiger partial charge < -0.3 is 10.1 Å². The molecule has 0 aromatic carbocycles. The summed E-state index contributed by atoms with van der Waals surface area (Å²) in [5.41, 5.74) is 1.29. The molecule has 0 bridgehead atoms. The van der Waals surface area contributed by atoms with Crippen molar-refractivity contribution in [3.63, 3.8) is 0 Å². The fraction of sp³-hybridized carbons (Fsp3) is 0.615. The molecule has 16 heavy (non-hydrogen) atoms. The SMILES string of the molecule is CNC(Cc1ccncc1)C(OC)C(C)C. The highest BCUT2D eigenvalue weighted by Crippen LogP contribution is 2.14. The van der Waals surface area contributed by atoms with E-state index in [4.69, 9.17) is 4.74 Å². The standard InChI is InChI=1S/C13H22N2O/c1-10(2)13(16-4)12(14-3)9-11-5-7-15-8-6-11/h5-8,10,12-14H,9H2,1-4H3. The molecule has 0 aliphatic heterocycles. The molecule has 3 nitrogen and oxygen atoms in total. The average Bonchev–Trinajstić information content (AvgIpc) is 2.29. The van der Waals surface area contributed by atoms with Gasteiger partial charge in [-0.2, -0.15) is 0 Å². The Labute approximate surface area is 98.2 Å². The third kappa shape index (κ3) is 3.58. The van der Waals surface area contributed by atoms with Crippen molar-refractivity contribution < 1.29 is 4.74 Å². The third-order valence-electron chi connectivity index (χ3n) is 2.90. The summed E-state index contributed by atoms with van der Waals surface area (Å²) >= 11 is 0. The van der Waals surface area contributed by atoms with E-state index in [1.807, 2.05) is 19.4 Å². The van der Waals surface area contributed by atoms with Crippen LogP contribution in [0.4, 0.5) is 0 Å². The van der Waals surface area contributed by atoms with E-state index in [-0.39, 0.29) is 6.10 Å². The topological polar surface area (TPSA) is 34.2 Å². The molecule has 2 unspecified atom stereocenters. The number of hydrogen-bond donors (Lipinski definition) is 1.